The zero-order valence-corrected chi connectivity index (χ0v) is 22.1. The van der Waals surface area contributed by atoms with E-state index in [9.17, 15) is 0 Å². The van der Waals surface area contributed by atoms with Crippen molar-refractivity contribution in [2.24, 2.45) is 4.99 Å². The van der Waals surface area contributed by atoms with Gasteiger partial charge in [0.15, 0.2) is 17.5 Å². The van der Waals surface area contributed by atoms with Crippen molar-refractivity contribution in [3.05, 3.63) is 47.0 Å². The first-order valence-corrected chi connectivity index (χ1v) is 10.8. The number of ether oxygens (including phenoxy) is 3. The van der Waals surface area contributed by atoms with E-state index in [1.807, 2.05) is 37.3 Å². The van der Waals surface area contributed by atoms with Gasteiger partial charge in [0.2, 0.25) is 5.75 Å². The largest absolute Gasteiger partial charge is 0.493 e. The molecule has 9 heteroatoms. The van der Waals surface area contributed by atoms with Crippen LogP contribution >= 0.6 is 35.6 Å². The second-order valence-electron chi connectivity index (χ2n) is 7.24. The zero-order valence-electron chi connectivity index (χ0n) is 19.0. The number of methoxy groups -OCH3 is 2. The first kappa shape index (κ1) is 26.2. The Balaban J connectivity index is 0.00000363. The molecular weight excluding hydrogens is 543 g/mol. The van der Waals surface area contributed by atoms with Gasteiger partial charge < -0.3 is 29.7 Å². The minimum Gasteiger partial charge on any atom is -0.493 e. The molecule has 2 N–H and O–H groups in total. The van der Waals surface area contributed by atoms with Crippen LogP contribution in [-0.4, -0.2) is 53.0 Å². The second kappa shape index (κ2) is 12.8. The molecule has 0 spiro atoms. The third kappa shape index (κ3) is 6.71. The quantitative estimate of drug-likeness (QED) is 0.278. The second-order valence-corrected chi connectivity index (χ2v) is 7.68. The van der Waals surface area contributed by atoms with Gasteiger partial charge in [-0.15, -0.1) is 24.0 Å². The summed E-state index contributed by atoms with van der Waals surface area (Å²) < 4.78 is 16.7. The molecule has 32 heavy (non-hydrogen) atoms. The molecule has 0 saturated carbocycles. The van der Waals surface area contributed by atoms with Crippen LogP contribution in [0.2, 0.25) is 5.02 Å². The van der Waals surface area contributed by atoms with Crippen LogP contribution in [0.4, 0.5) is 5.69 Å². The van der Waals surface area contributed by atoms with Crippen molar-refractivity contribution in [3.8, 4) is 17.2 Å². The molecule has 2 aromatic rings. The Morgan fingerprint density at radius 2 is 1.91 bits per heavy atom. The summed E-state index contributed by atoms with van der Waals surface area (Å²) >= 11 is 6.14. The predicted octanol–water partition coefficient (Wildman–Crippen LogP) is 4.32. The fourth-order valence-corrected chi connectivity index (χ4v) is 3.87. The molecule has 0 radical (unpaired) electrons. The maximum atomic E-state index is 6.14. The van der Waals surface area contributed by atoms with Gasteiger partial charge in [-0.05, 0) is 49.2 Å². The van der Waals surface area contributed by atoms with Crippen LogP contribution in [0.15, 0.2) is 41.4 Å². The molecule has 0 aliphatic carbocycles. The van der Waals surface area contributed by atoms with E-state index in [2.05, 4.69) is 26.6 Å². The van der Waals surface area contributed by atoms with Crippen LogP contribution in [0.1, 0.15) is 18.9 Å². The molecule has 7 nitrogen and oxygen atoms in total. The minimum absolute atomic E-state index is 0. The lowest BCUT2D eigenvalue weighted by Crippen LogP contribution is -2.44. The highest BCUT2D eigenvalue weighted by molar-refractivity contribution is 14.0. The maximum absolute atomic E-state index is 6.14. The number of hydrogen-bond acceptors (Lipinski definition) is 5. The van der Waals surface area contributed by atoms with Crippen LogP contribution in [0.5, 0.6) is 17.2 Å². The van der Waals surface area contributed by atoms with Gasteiger partial charge in [-0.1, -0.05) is 17.7 Å². The number of halogens is 2. The van der Waals surface area contributed by atoms with Crippen molar-refractivity contribution in [2.45, 2.75) is 25.9 Å². The van der Waals surface area contributed by atoms with E-state index in [4.69, 9.17) is 25.8 Å². The summed E-state index contributed by atoms with van der Waals surface area (Å²) in [5.74, 6) is 2.67. The lowest BCUT2D eigenvalue weighted by molar-refractivity contribution is 0.288. The van der Waals surface area contributed by atoms with E-state index in [1.54, 1.807) is 21.3 Å². The Hall–Kier alpha value is -2.07. The first-order chi connectivity index (χ1) is 15.1. The highest BCUT2D eigenvalue weighted by Crippen LogP contribution is 2.38. The van der Waals surface area contributed by atoms with E-state index in [0.29, 0.717) is 36.4 Å². The third-order valence-corrected chi connectivity index (χ3v) is 5.43. The Morgan fingerprint density at radius 1 is 1.19 bits per heavy atom. The molecule has 0 amide bonds. The summed E-state index contributed by atoms with van der Waals surface area (Å²) in [5, 5.41) is 7.65. The Kier molecular flexibility index (Phi) is 10.5. The summed E-state index contributed by atoms with van der Waals surface area (Å²) in [6.45, 7) is 4.91. The first-order valence-electron chi connectivity index (χ1n) is 10.4. The summed E-state index contributed by atoms with van der Waals surface area (Å²) in [7, 11) is 5.03. The fraction of sp³-hybridized carbons (Fsp3) is 0.435. The highest BCUT2D eigenvalue weighted by atomic mass is 127. The van der Waals surface area contributed by atoms with Crippen molar-refractivity contribution in [1.82, 2.24) is 10.6 Å². The van der Waals surface area contributed by atoms with Gasteiger partial charge in [-0.25, -0.2) is 0 Å². The molecule has 1 saturated heterocycles. The van der Waals surface area contributed by atoms with Gasteiger partial charge in [0.1, 0.15) is 0 Å². The molecule has 1 heterocycles. The molecule has 176 valence electrons. The van der Waals surface area contributed by atoms with E-state index in [1.165, 1.54) is 0 Å². The number of benzene rings is 2. The number of anilines is 1. The number of aliphatic imine (C=N–C) groups is 1. The van der Waals surface area contributed by atoms with Crippen molar-refractivity contribution in [3.63, 3.8) is 0 Å². The molecule has 3 rings (SSSR count). The van der Waals surface area contributed by atoms with Crippen LogP contribution in [0.25, 0.3) is 0 Å². The SMILES string of the molecule is CCOc1c(OC)cc(CNC(=NC)NC2CCN(c3cccc(Cl)c3)C2)cc1OC.I. The van der Waals surface area contributed by atoms with Crippen molar-refractivity contribution in [1.29, 1.82) is 0 Å². The topological polar surface area (TPSA) is 67.4 Å². The van der Waals surface area contributed by atoms with Gasteiger partial charge in [0.05, 0.1) is 20.8 Å². The molecule has 1 aliphatic heterocycles. The molecule has 0 bridgehead atoms. The van der Waals surface area contributed by atoms with Gasteiger partial charge in [0, 0.05) is 43.4 Å². The van der Waals surface area contributed by atoms with E-state index < -0.39 is 0 Å². The number of hydrogen-bond donors (Lipinski definition) is 2. The van der Waals surface area contributed by atoms with E-state index >= 15 is 0 Å². The third-order valence-electron chi connectivity index (χ3n) is 5.20. The molecule has 2 aromatic carbocycles. The van der Waals surface area contributed by atoms with Crippen molar-refractivity contribution in [2.75, 3.05) is 45.9 Å². The van der Waals surface area contributed by atoms with Crippen LogP contribution in [-0.2, 0) is 6.54 Å². The Morgan fingerprint density at radius 3 is 2.50 bits per heavy atom. The number of nitrogens with one attached hydrogen (secondary N) is 2. The Bertz CT molecular complexity index is 888. The standard InChI is InChI=1S/C23H31ClN4O3.HI/c1-5-31-22-20(29-3)11-16(12-21(22)30-4)14-26-23(25-2)27-18-9-10-28(15-18)19-8-6-7-17(24)13-19;/h6-8,11-13,18H,5,9-10,14-15H2,1-4H3,(H2,25,26,27);1H. The number of nitrogens with zero attached hydrogens (tertiary/aromatic N) is 2. The predicted molar refractivity (Wildman–Crippen MR) is 142 cm³/mol. The zero-order chi connectivity index (χ0) is 22.2. The number of guanidine groups is 1. The fourth-order valence-electron chi connectivity index (χ4n) is 3.68. The molecule has 1 atom stereocenters. The monoisotopic (exact) mass is 574 g/mol. The molecule has 0 aromatic heterocycles. The number of rotatable bonds is 8. The normalized spacial score (nSPS) is 15.7. The maximum Gasteiger partial charge on any atom is 0.203 e. The van der Waals surface area contributed by atoms with E-state index in [0.717, 1.165) is 41.7 Å². The lowest BCUT2D eigenvalue weighted by Gasteiger charge is -2.21. The van der Waals surface area contributed by atoms with Gasteiger partial charge in [0.25, 0.3) is 0 Å². The highest BCUT2D eigenvalue weighted by Gasteiger charge is 2.23. The molecular formula is C23H32ClIN4O3. The average molecular weight is 575 g/mol. The Labute approximate surface area is 212 Å². The van der Waals surface area contributed by atoms with Crippen molar-refractivity contribution < 1.29 is 14.2 Å². The van der Waals surface area contributed by atoms with Gasteiger partial charge in [-0.3, -0.25) is 4.99 Å². The van der Waals surface area contributed by atoms with Gasteiger partial charge in [-0.2, -0.15) is 0 Å². The van der Waals surface area contributed by atoms with Crippen molar-refractivity contribution >= 4 is 47.2 Å². The average Bonchev–Trinajstić information content (AvgIpc) is 3.25. The summed E-state index contributed by atoms with van der Waals surface area (Å²) in [5.41, 5.74) is 2.15. The summed E-state index contributed by atoms with van der Waals surface area (Å²) in [6, 6.07) is 12.2. The summed E-state index contributed by atoms with van der Waals surface area (Å²) in [4.78, 5) is 6.71. The van der Waals surface area contributed by atoms with Crippen LogP contribution < -0.4 is 29.7 Å². The lowest BCUT2D eigenvalue weighted by atomic mass is 10.1. The molecule has 1 fully saturated rings. The van der Waals surface area contributed by atoms with E-state index in [-0.39, 0.29) is 24.0 Å². The summed E-state index contributed by atoms with van der Waals surface area (Å²) in [6.07, 6.45) is 1.03. The minimum atomic E-state index is 0. The molecule has 1 aliphatic rings. The van der Waals surface area contributed by atoms with Gasteiger partial charge >= 0.3 is 0 Å². The van der Waals surface area contributed by atoms with Crippen LogP contribution in [0.3, 0.4) is 0 Å². The van der Waals surface area contributed by atoms with Crippen LogP contribution in [0, 0.1) is 0 Å². The molecule has 1 unspecified atom stereocenters. The smallest absolute Gasteiger partial charge is 0.203 e.